The summed E-state index contributed by atoms with van der Waals surface area (Å²) >= 11 is 0. The Balaban J connectivity index is 1.74. The normalized spacial score (nSPS) is 11.2. The lowest BCUT2D eigenvalue weighted by Gasteiger charge is -2.09. The summed E-state index contributed by atoms with van der Waals surface area (Å²) in [5.74, 6) is -10.7. The molecule has 0 saturated heterocycles. The van der Waals surface area contributed by atoms with E-state index in [1.165, 1.54) is 6.07 Å². The summed E-state index contributed by atoms with van der Waals surface area (Å²) in [5, 5.41) is 13.7. The molecule has 0 amide bonds. The Kier molecular flexibility index (Phi) is 5.99. The number of nitrogens with zero attached hydrogens (tertiary/aromatic N) is 3. The van der Waals surface area contributed by atoms with Crippen LogP contribution in [0.3, 0.4) is 0 Å². The largest absolute Gasteiger partial charge is 0.507 e. The van der Waals surface area contributed by atoms with Gasteiger partial charge in [0.15, 0.2) is 23.3 Å². The average molecular weight is 456 g/mol. The van der Waals surface area contributed by atoms with Gasteiger partial charge in [-0.25, -0.2) is 37.3 Å². The third kappa shape index (κ3) is 4.36. The first-order valence-corrected chi connectivity index (χ1v) is 9.40. The number of benzene rings is 3. The Hall–Kier alpha value is -4.34. The zero-order chi connectivity index (χ0) is 23.5. The minimum absolute atomic E-state index is 0.0499. The molecule has 166 valence electrons. The van der Waals surface area contributed by atoms with Crippen molar-refractivity contribution in [1.82, 2.24) is 9.97 Å². The Morgan fingerprint density at radius 3 is 1.97 bits per heavy atom. The van der Waals surface area contributed by atoms with E-state index in [0.29, 0.717) is 28.7 Å². The highest BCUT2D eigenvalue weighted by Gasteiger charge is 2.24. The second-order valence-electron chi connectivity index (χ2n) is 6.70. The van der Waals surface area contributed by atoms with Gasteiger partial charge >= 0.3 is 0 Å². The second-order valence-corrected chi connectivity index (χ2v) is 6.70. The number of phenolic OH excluding ortho intramolecular Hbond substituents is 1. The maximum absolute atomic E-state index is 13.8. The minimum Gasteiger partial charge on any atom is -0.507 e. The molecule has 0 radical (unpaired) electrons. The molecule has 0 aliphatic rings. The summed E-state index contributed by atoms with van der Waals surface area (Å²) in [6.07, 6.45) is 0.439. The second kappa shape index (κ2) is 9.03. The SMILES string of the molecule is Oc1ccccc1-c1cc(-c2ccccc2)nc(NN=Cc2c(F)c(F)c(F)c(F)c2F)n1. The number of aromatic hydroxyl groups is 1. The van der Waals surface area contributed by atoms with Crippen LogP contribution in [0.5, 0.6) is 5.75 Å². The molecule has 0 bridgehead atoms. The van der Waals surface area contributed by atoms with Crippen LogP contribution in [-0.4, -0.2) is 21.3 Å². The van der Waals surface area contributed by atoms with Crippen molar-refractivity contribution in [1.29, 1.82) is 0 Å². The van der Waals surface area contributed by atoms with Crippen LogP contribution in [0.1, 0.15) is 5.56 Å². The number of nitrogens with one attached hydrogen (secondary N) is 1. The molecule has 4 aromatic rings. The van der Waals surface area contributed by atoms with E-state index < -0.39 is 34.6 Å². The smallest absolute Gasteiger partial charge is 0.244 e. The molecular formula is C23H13F5N4O. The van der Waals surface area contributed by atoms with Gasteiger partial charge in [0, 0.05) is 11.1 Å². The average Bonchev–Trinajstić information content (AvgIpc) is 2.84. The van der Waals surface area contributed by atoms with E-state index in [-0.39, 0.29) is 11.7 Å². The van der Waals surface area contributed by atoms with Gasteiger partial charge in [-0.2, -0.15) is 5.10 Å². The van der Waals surface area contributed by atoms with Gasteiger partial charge in [-0.05, 0) is 18.2 Å². The lowest BCUT2D eigenvalue weighted by molar-refractivity contribution is 0.377. The summed E-state index contributed by atoms with van der Waals surface area (Å²) in [5.41, 5.74) is 2.92. The molecule has 4 rings (SSSR count). The third-order valence-corrected chi connectivity index (χ3v) is 4.58. The van der Waals surface area contributed by atoms with Crippen LogP contribution in [-0.2, 0) is 0 Å². The Morgan fingerprint density at radius 1 is 0.727 bits per heavy atom. The zero-order valence-corrected chi connectivity index (χ0v) is 16.5. The fourth-order valence-electron chi connectivity index (χ4n) is 2.97. The molecule has 0 atom stereocenters. The van der Waals surface area contributed by atoms with Gasteiger partial charge in [-0.15, -0.1) is 0 Å². The van der Waals surface area contributed by atoms with E-state index >= 15 is 0 Å². The van der Waals surface area contributed by atoms with Crippen molar-refractivity contribution in [3.63, 3.8) is 0 Å². The number of phenols is 1. The van der Waals surface area contributed by atoms with Crippen molar-refractivity contribution in [2.75, 3.05) is 5.43 Å². The highest BCUT2D eigenvalue weighted by atomic mass is 19.2. The van der Waals surface area contributed by atoms with Gasteiger partial charge in [0.25, 0.3) is 0 Å². The summed E-state index contributed by atoms with van der Waals surface area (Å²) in [6.45, 7) is 0. The van der Waals surface area contributed by atoms with Gasteiger partial charge in [-0.1, -0.05) is 42.5 Å². The van der Waals surface area contributed by atoms with E-state index in [2.05, 4.69) is 20.5 Å². The van der Waals surface area contributed by atoms with Crippen molar-refractivity contribution < 1.29 is 27.1 Å². The number of hydrogen-bond donors (Lipinski definition) is 2. The quantitative estimate of drug-likeness (QED) is 0.134. The topological polar surface area (TPSA) is 70.4 Å². The maximum atomic E-state index is 13.8. The molecule has 1 aromatic heterocycles. The maximum Gasteiger partial charge on any atom is 0.244 e. The molecular weight excluding hydrogens is 443 g/mol. The monoisotopic (exact) mass is 456 g/mol. The zero-order valence-electron chi connectivity index (χ0n) is 16.5. The van der Waals surface area contributed by atoms with Crippen LogP contribution in [0.4, 0.5) is 27.9 Å². The number of rotatable bonds is 5. The van der Waals surface area contributed by atoms with Gasteiger partial charge in [-0.3, -0.25) is 0 Å². The minimum atomic E-state index is -2.26. The molecule has 33 heavy (non-hydrogen) atoms. The summed E-state index contributed by atoms with van der Waals surface area (Å²) in [7, 11) is 0. The third-order valence-electron chi connectivity index (χ3n) is 4.58. The molecule has 10 heteroatoms. The standard InChI is InChI=1S/C23H13F5N4O/c24-18-14(19(25)21(27)22(28)20(18)26)11-29-32-23-30-15(12-6-2-1-3-7-12)10-16(31-23)13-8-4-5-9-17(13)33/h1-11,33H,(H,30,31,32). The first kappa shape index (κ1) is 21.9. The summed E-state index contributed by atoms with van der Waals surface area (Å²) in [4.78, 5) is 8.49. The number of para-hydroxylation sites is 1. The van der Waals surface area contributed by atoms with Crippen LogP contribution < -0.4 is 5.43 Å². The van der Waals surface area contributed by atoms with Gasteiger partial charge < -0.3 is 5.11 Å². The molecule has 0 fully saturated rings. The molecule has 0 aliphatic carbocycles. The van der Waals surface area contributed by atoms with E-state index in [1.807, 2.05) is 6.07 Å². The van der Waals surface area contributed by atoms with Gasteiger partial charge in [0.2, 0.25) is 11.8 Å². The van der Waals surface area contributed by atoms with Crippen LogP contribution in [0.2, 0.25) is 0 Å². The molecule has 0 saturated carbocycles. The number of aromatic nitrogens is 2. The van der Waals surface area contributed by atoms with Crippen LogP contribution in [0.25, 0.3) is 22.5 Å². The summed E-state index contributed by atoms with van der Waals surface area (Å²) in [6, 6.07) is 16.9. The van der Waals surface area contributed by atoms with Crippen LogP contribution in [0.15, 0.2) is 65.8 Å². The molecule has 1 heterocycles. The van der Waals surface area contributed by atoms with Crippen molar-refractivity contribution >= 4 is 12.2 Å². The van der Waals surface area contributed by atoms with E-state index in [4.69, 9.17) is 0 Å². The summed E-state index contributed by atoms with van der Waals surface area (Å²) < 4.78 is 67.7. The van der Waals surface area contributed by atoms with Crippen LogP contribution >= 0.6 is 0 Å². The first-order valence-electron chi connectivity index (χ1n) is 9.40. The van der Waals surface area contributed by atoms with Crippen molar-refractivity contribution in [3.8, 4) is 28.3 Å². The lowest BCUT2D eigenvalue weighted by atomic mass is 10.1. The Labute approximate surface area is 183 Å². The fraction of sp³-hybridized carbons (Fsp3) is 0. The highest BCUT2D eigenvalue weighted by molar-refractivity contribution is 5.81. The Morgan fingerprint density at radius 2 is 1.30 bits per heavy atom. The molecule has 2 N–H and O–H groups in total. The molecule has 0 unspecified atom stereocenters. The number of hydrogen-bond acceptors (Lipinski definition) is 5. The lowest BCUT2D eigenvalue weighted by Crippen LogP contribution is -2.07. The van der Waals surface area contributed by atoms with Gasteiger partial charge in [0.1, 0.15) is 5.75 Å². The Bertz CT molecular complexity index is 1330. The predicted molar refractivity (Wildman–Crippen MR) is 112 cm³/mol. The van der Waals surface area contributed by atoms with Gasteiger partial charge in [0.05, 0.1) is 23.2 Å². The highest BCUT2D eigenvalue weighted by Crippen LogP contribution is 2.30. The van der Waals surface area contributed by atoms with E-state index in [1.54, 1.807) is 48.5 Å². The fourth-order valence-corrected chi connectivity index (χ4v) is 2.97. The molecule has 0 spiro atoms. The molecule has 3 aromatic carbocycles. The molecule has 5 nitrogen and oxygen atoms in total. The molecule has 0 aliphatic heterocycles. The first-order chi connectivity index (χ1) is 15.9. The predicted octanol–water partition coefficient (Wildman–Crippen LogP) is 5.66. The van der Waals surface area contributed by atoms with E-state index in [0.717, 1.165) is 0 Å². The van der Waals surface area contributed by atoms with E-state index in [9.17, 15) is 27.1 Å². The number of halogens is 5. The van der Waals surface area contributed by atoms with Crippen molar-refractivity contribution in [2.24, 2.45) is 5.10 Å². The van der Waals surface area contributed by atoms with Crippen molar-refractivity contribution in [3.05, 3.63) is 95.3 Å². The van der Waals surface area contributed by atoms with Crippen LogP contribution in [0, 0.1) is 29.1 Å². The number of anilines is 1. The van der Waals surface area contributed by atoms with Crippen molar-refractivity contribution in [2.45, 2.75) is 0 Å². The number of hydrazone groups is 1.